The molecule has 0 spiro atoms. The maximum absolute atomic E-state index is 12.5. The number of thiophene rings is 2. The van der Waals surface area contributed by atoms with Crippen molar-refractivity contribution in [2.45, 2.75) is 26.7 Å². The molecular weight excluding hydrogens is 388 g/mol. The fourth-order valence-electron chi connectivity index (χ4n) is 2.36. The van der Waals surface area contributed by atoms with Crippen LogP contribution in [-0.4, -0.2) is 30.3 Å². The summed E-state index contributed by atoms with van der Waals surface area (Å²) in [5.74, 6) is -2.06. The molecule has 9 heteroatoms. The van der Waals surface area contributed by atoms with E-state index in [1.807, 2.05) is 6.92 Å². The van der Waals surface area contributed by atoms with Gasteiger partial charge in [-0.05, 0) is 43.7 Å². The van der Waals surface area contributed by atoms with Gasteiger partial charge in [0.1, 0.15) is 5.00 Å². The van der Waals surface area contributed by atoms with Gasteiger partial charge in [-0.15, -0.1) is 22.7 Å². The second-order valence-electron chi connectivity index (χ2n) is 6.18. The highest BCUT2D eigenvalue weighted by Crippen LogP contribution is 2.36. The van der Waals surface area contributed by atoms with Crippen LogP contribution in [0.4, 0.5) is 5.00 Å². The summed E-state index contributed by atoms with van der Waals surface area (Å²) in [5, 5.41) is 7.10. The molecule has 0 saturated heterocycles. The molecule has 7 nitrogen and oxygen atoms in total. The number of imide groups is 1. The Morgan fingerprint density at radius 2 is 1.96 bits per heavy atom. The van der Waals surface area contributed by atoms with Crippen molar-refractivity contribution in [3.8, 4) is 0 Å². The molecule has 2 aromatic rings. The number of nitrogens with one attached hydrogen (secondary N) is 2. The molecule has 0 unspecified atom stereocenters. The van der Waals surface area contributed by atoms with Gasteiger partial charge in [0, 0.05) is 10.8 Å². The molecule has 1 aliphatic carbocycles. The Balaban J connectivity index is 1.61. The van der Waals surface area contributed by atoms with E-state index in [9.17, 15) is 19.2 Å². The van der Waals surface area contributed by atoms with E-state index in [0.29, 0.717) is 15.4 Å². The maximum atomic E-state index is 12.5. The molecule has 0 radical (unpaired) electrons. The first-order valence-corrected chi connectivity index (χ1v) is 10.0. The summed E-state index contributed by atoms with van der Waals surface area (Å²) in [7, 11) is 0. The molecule has 2 N–H and O–H groups in total. The molecule has 142 valence electrons. The third-order valence-corrected chi connectivity index (χ3v) is 6.10. The first kappa shape index (κ1) is 19.2. The van der Waals surface area contributed by atoms with Gasteiger partial charge in [-0.1, -0.05) is 6.07 Å². The van der Waals surface area contributed by atoms with Gasteiger partial charge >= 0.3 is 5.97 Å². The second kappa shape index (κ2) is 8.01. The van der Waals surface area contributed by atoms with E-state index in [1.165, 1.54) is 22.7 Å². The Bertz CT molecular complexity index is 897. The summed E-state index contributed by atoms with van der Waals surface area (Å²) in [4.78, 5) is 49.4. The van der Waals surface area contributed by atoms with Crippen molar-refractivity contribution in [3.05, 3.63) is 38.4 Å². The molecule has 2 aromatic heterocycles. The molecule has 1 aliphatic rings. The molecule has 1 fully saturated rings. The average Bonchev–Trinajstić information content (AvgIpc) is 3.26. The van der Waals surface area contributed by atoms with E-state index in [4.69, 9.17) is 4.74 Å². The van der Waals surface area contributed by atoms with Crippen LogP contribution in [-0.2, 0) is 14.3 Å². The smallest absolute Gasteiger partial charge is 0.341 e. The van der Waals surface area contributed by atoms with Crippen molar-refractivity contribution in [2.24, 2.45) is 5.92 Å². The van der Waals surface area contributed by atoms with Crippen LogP contribution in [0, 0.1) is 19.8 Å². The SMILES string of the molecule is Cc1sc(NC(=O)C2CC2)c(C(=O)OCC(=O)NC(=O)c2cccs2)c1C. The van der Waals surface area contributed by atoms with Crippen LogP contribution in [0.1, 0.15) is 43.3 Å². The number of hydrogen-bond acceptors (Lipinski definition) is 7. The molecule has 3 amide bonds. The van der Waals surface area contributed by atoms with Crippen LogP contribution < -0.4 is 10.6 Å². The van der Waals surface area contributed by atoms with E-state index in [-0.39, 0.29) is 17.4 Å². The van der Waals surface area contributed by atoms with Crippen molar-refractivity contribution in [1.29, 1.82) is 0 Å². The maximum Gasteiger partial charge on any atom is 0.341 e. The van der Waals surface area contributed by atoms with Gasteiger partial charge in [0.05, 0.1) is 10.4 Å². The van der Waals surface area contributed by atoms with Gasteiger partial charge in [-0.25, -0.2) is 4.79 Å². The molecule has 0 aliphatic heterocycles. The van der Waals surface area contributed by atoms with Crippen molar-refractivity contribution < 1.29 is 23.9 Å². The lowest BCUT2D eigenvalue weighted by atomic mass is 10.1. The second-order valence-corrected chi connectivity index (χ2v) is 8.35. The number of amides is 3. The zero-order valence-electron chi connectivity index (χ0n) is 14.8. The van der Waals surface area contributed by atoms with Gasteiger partial charge < -0.3 is 10.1 Å². The minimum atomic E-state index is -0.713. The topological polar surface area (TPSA) is 102 Å². The van der Waals surface area contributed by atoms with Crippen LogP contribution in [0.25, 0.3) is 0 Å². The number of carbonyl (C=O) groups is 4. The molecule has 0 atom stereocenters. The Labute approximate surface area is 163 Å². The number of carbonyl (C=O) groups excluding carboxylic acids is 4. The largest absolute Gasteiger partial charge is 0.452 e. The van der Waals surface area contributed by atoms with Crippen molar-refractivity contribution >= 4 is 51.4 Å². The zero-order valence-corrected chi connectivity index (χ0v) is 16.4. The highest BCUT2D eigenvalue weighted by molar-refractivity contribution is 7.16. The van der Waals surface area contributed by atoms with Gasteiger partial charge in [-0.2, -0.15) is 0 Å². The summed E-state index contributed by atoms with van der Waals surface area (Å²) < 4.78 is 5.06. The molecule has 1 saturated carbocycles. The lowest BCUT2D eigenvalue weighted by Crippen LogP contribution is -2.33. The zero-order chi connectivity index (χ0) is 19.6. The molecule has 0 aromatic carbocycles. The average molecular weight is 406 g/mol. The molecule has 3 rings (SSSR count). The van der Waals surface area contributed by atoms with E-state index in [0.717, 1.165) is 17.7 Å². The summed E-state index contributed by atoms with van der Waals surface area (Å²) in [5.41, 5.74) is 0.954. The third-order valence-electron chi connectivity index (χ3n) is 4.11. The minimum Gasteiger partial charge on any atom is -0.452 e. The van der Waals surface area contributed by atoms with Gasteiger partial charge in [0.25, 0.3) is 11.8 Å². The highest BCUT2D eigenvalue weighted by Gasteiger charge is 2.31. The number of rotatable bonds is 6. The molecule has 0 bridgehead atoms. The van der Waals surface area contributed by atoms with Crippen molar-refractivity contribution in [2.75, 3.05) is 11.9 Å². The Morgan fingerprint density at radius 1 is 1.22 bits per heavy atom. The first-order chi connectivity index (χ1) is 12.9. The monoisotopic (exact) mass is 406 g/mol. The van der Waals surface area contributed by atoms with E-state index >= 15 is 0 Å². The molecule has 2 heterocycles. The fourth-order valence-corrected chi connectivity index (χ4v) is 4.03. The number of ether oxygens (including phenoxy) is 1. The summed E-state index contributed by atoms with van der Waals surface area (Å²) >= 11 is 2.50. The summed E-state index contributed by atoms with van der Waals surface area (Å²) in [6, 6.07) is 3.29. The first-order valence-electron chi connectivity index (χ1n) is 8.32. The Morgan fingerprint density at radius 3 is 2.59 bits per heavy atom. The van der Waals surface area contributed by atoms with E-state index < -0.39 is 24.4 Å². The van der Waals surface area contributed by atoms with Crippen LogP contribution in [0.2, 0.25) is 0 Å². The molecular formula is C18H18N2O5S2. The lowest BCUT2D eigenvalue weighted by Gasteiger charge is -2.08. The van der Waals surface area contributed by atoms with Gasteiger partial charge in [-0.3, -0.25) is 19.7 Å². The predicted octanol–water partition coefficient (Wildman–Crippen LogP) is 2.89. The van der Waals surface area contributed by atoms with Gasteiger partial charge in [0.15, 0.2) is 6.61 Å². The predicted molar refractivity (Wildman–Crippen MR) is 102 cm³/mol. The number of aryl methyl sites for hydroxylation is 1. The van der Waals surface area contributed by atoms with Crippen LogP contribution in [0.3, 0.4) is 0 Å². The van der Waals surface area contributed by atoms with Crippen LogP contribution >= 0.6 is 22.7 Å². The Hall–Kier alpha value is -2.52. The quantitative estimate of drug-likeness (QED) is 0.719. The lowest BCUT2D eigenvalue weighted by molar-refractivity contribution is -0.123. The van der Waals surface area contributed by atoms with Crippen LogP contribution in [0.5, 0.6) is 0 Å². The normalized spacial score (nSPS) is 13.1. The van der Waals surface area contributed by atoms with Gasteiger partial charge in [0.2, 0.25) is 5.91 Å². The van der Waals surface area contributed by atoms with Crippen LogP contribution in [0.15, 0.2) is 17.5 Å². The van der Waals surface area contributed by atoms with Crippen molar-refractivity contribution in [1.82, 2.24) is 5.32 Å². The van der Waals surface area contributed by atoms with Crippen molar-refractivity contribution in [3.63, 3.8) is 0 Å². The highest BCUT2D eigenvalue weighted by atomic mass is 32.1. The summed E-state index contributed by atoms with van der Waals surface area (Å²) in [6.45, 7) is 3.02. The third kappa shape index (κ3) is 4.61. The fraction of sp³-hybridized carbons (Fsp3) is 0.333. The Kier molecular flexibility index (Phi) is 5.71. The van der Waals surface area contributed by atoms with E-state index in [2.05, 4.69) is 10.6 Å². The van der Waals surface area contributed by atoms with E-state index in [1.54, 1.807) is 24.4 Å². The number of esters is 1. The number of anilines is 1. The standard InChI is InChI=1S/C18H18N2O5S2/c1-9-10(2)27-17(20-15(22)11-5-6-11)14(9)18(24)25-8-13(21)19-16(23)12-4-3-7-26-12/h3-4,7,11H,5-6,8H2,1-2H3,(H,20,22)(H,19,21,23). The minimum absolute atomic E-state index is 0.00521. The number of hydrogen-bond donors (Lipinski definition) is 2. The summed E-state index contributed by atoms with van der Waals surface area (Å²) in [6.07, 6.45) is 1.71. The molecule has 27 heavy (non-hydrogen) atoms.